The van der Waals surface area contributed by atoms with Crippen molar-refractivity contribution in [2.24, 2.45) is 0 Å². The molecule has 2 aromatic rings. The van der Waals surface area contributed by atoms with Crippen molar-refractivity contribution in [3.05, 3.63) is 66.0 Å². The summed E-state index contributed by atoms with van der Waals surface area (Å²) in [5.74, 6) is -0.520. The van der Waals surface area contributed by atoms with Crippen molar-refractivity contribution in [1.29, 1.82) is 0 Å². The molecule has 4 rings (SSSR count). The minimum atomic E-state index is -3.94. The Morgan fingerprint density at radius 3 is 2.52 bits per heavy atom. The van der Waals surface area contributed by atoms with E-state index in [0.29, 0.717) is 19.3 Å². The molecule has 1 unspecified atom stereocenters. The summed E-state index contributed by atoms with van der Waals surface area (Å²) in [5, 5.41) is 9.55. The molecule has 2 heterocycles. The van der Waals surface area contributed by atoms with Crippen molar-refractivity contribution in [1.82, 2.24) is 9.21 Å². The van der Waals surface area contributed by atoms with Gasteiger partial charge in [-0.15, -0.1) is 0 Å². The second-order valence-electron chi connectivity index (χ2n) is 8.36. The van der Waals surface area contributed by atoms with E-state index in [4.69, 9.17) is 0 Å². The number of nitrogens with zero attached hydrogens (tertiary/aromatic N) is 3. The number of carboxylic acid groups (broad SMARTS) is 1. The zero-order valence-corrected chi connectivity index (χ0v) is 18.3. The van der Waals surface area contributed by atoms with Crippen molar-refractivity contribution in [3.63, 3.8) is 0 Å². The van der Waals surface area contributed by atoms with Gasteiger partial charge in [0.05, 0.1) is 17.3 Å². The fraction of sp³-hybridized carbons (Fsp3) is 0.409. The molecular weight excluding hydrogens is 421 g/mol. The standard InChI is InChI=1S/C22H26FN3O4S/c1-16-15-22(11-12-25(16)21(27)28)20(13-17-7-4-3-5-8-17)24(2)31(29,30)26(22)19-10-6-9-18(23)14-19/h3-10,14,16,20H,11-13,15H2,1-2H3,(H,27,28)/t16-,20?,22+/m0/s1. The maximum Gasteiger partial charge on any atom is 0.407 e. The number of hydrogen-bond donors (Lipinski definition) is 1. The van der Waals surface area contributed by atoms with Crippen LogP contribution in [0.2, 0.25) is 0 Å². The van der Waals surface area contributed by atoms with Gasteiger partial charge in [0.15, 0.2) is 0 Å². The minimum Gasteiger partial charge on any atom is -0.465 e. The predicted molar refractivity (Wildman–Crippen MR) is 116 cm³/mol. The summed E-state index contributed by atoms with van der Waals surface area (Å²) >= 11 is 0. The second-order valence-corrected chi connectivity index (χ2v) is 10.2. The number of anilines is 1. The summed E-state index contributed by atoms with van der Waals surface area (Å²) in [6.07, 6.45) is 0.0915. The molecule has 9 heteroatoms. The van der Waals surface area contributed by atoms with E-state index in [-0.39, 0.29) is 18.3 Å². The lowest BCUT2D eigenvalue weighted by Crippen LogP contribution is -2.62. The zero-order valence-electron chi connectivity index (χ0n) is 17.5. The lowest BCUT2D eigenvalue weighted by atomic mass is 9.75. The lowest BCUT2D eigenvalue weighted by Gasteiger charge is -2.48. The lowest BCUT2D eigenvalue weighted by molar-refractivity contribution is 0.0745. The molecule has 2 saturated heterocycles. The highest BCUT2D eigenvalue weighted by molar-refractivity contribution is 7.90. The quantitative estimate of drug-likeness (QED) is 0.783. The monoisotopic (exact) mass is 447 g/mol. The molecule has 166 valence electrons. The van der Waals surface area contributed by atoms with Gasteiger partial charge in [0.1, 0.15) is 5.82 Å². The molecular formula is C22H26FN3O4S. The summed E-state index contributed by atoms with van der Waals surface area (Å²) in [6, 6.07) is 14.4. The van der Waals surface area contributed by atoms with Gasteiger partial charge in [-0.2, -0.15) is 12.7 Å². The van der Waals surface area contributed by atoms with E-state index in [0.717, 1.165) is 5.56 Å². The fourth-order valence-electron chi connectivity index (χ4n) is 5.17. The number of likely N-dealkylation sites (tertiary alicyclic amines) is 1. The average Bonchev–Trinajstić information content (AvgIpc) is 2.86. The van der Waals surface area contributed by atoms with Crippen LogP contribution in [0.4, 0.5) is 14.9 Å². The van der Waals surface area contributed by atoms with Crippen molar-refractivity contribution < 1.29 is 22.7 Å². The van der Waals surface area contributed by atoms with Crippen LogP contribution in [0, 0.1) is 5.82 Å². The number of amides is 1. The molecule has 0 aromatic heterocycles. The van der Waals surface area contributed by atoms with Gasteiger partial charge < -0.3 is 10.0 Å². The summed E-state index contributed by atoms with van der Waals surface area (Å²) < 4.78 is 44.0. The highest BCUT2D eigenvalue weighted by atomic mass is 32.2. The highest BCUT2D eigenvalue weighted by Gasteiger charge is 2.61. The summed E-state index contributed by atoms with van der Waals surface area (Å²) in [7, 11) is -2.39. The number of halogens is 1. The molecule has 0 radical (unpaired) electrons. The van der Waals surface area contributed by atoms with Crippen LogP contribution < -0.4 is 4.31 Å². The first-order valence-electron chi connectivity index (χ1n) is 10.2. The normalized spacial score (nSPS) is 28.2. The minimum absolute atomic E-state index is 0.205. The molecule has 2 aliphatic heterocycles. The van der Waals surface area contributed by atoms with Gasteiger partial charge in [-0.1, -0.05) is 36.4 Å². The molecule has 0 aliphatic carbocycles. The Morgan fingerprint density at radius 2 is 1.90 bits per heavy atom. The Morgan fingerprint density at radius 1 is 1.19 bits per heavy atom. The fourth-order valence-corrected chi connectivity index (χ4v) is 7.15. The molecule has 31 heavy (non-hydrogen) atoms. The van der Waals surface area contributed by atoms with Crippen LogP contribution in [-0.2, 0) is 16.6 Å². The Kier molecular flexibility index (Phi) is 5.43. The molecule has 0 saturated carbocycles. The Balaban J connectivity index is 1.85. The van der Waals surface area contributed by atoms with E-state index >= 15 is 0 Å². The SMILES string of the molecule is C[C@H]1C[C@]2(CCN1C(=O)O)C(Cc1ccccc1)N(C)S(=O)(=O)N2c1cccc(F)c1. The third-order valence-corrected chi connectivity index (χ3v) is 8.60. The maximum atomic E-state index is 14.1. The van der Waals surface area contributed by atoms with E-state index in [9.17, 15) is 22.7 Å². The van der Waals surface area contributed by atoms with Crippen LogP contribution in [0.15, 0.2) is 54.6 Å². The number of carbonyl (C=O) groups is 1. The molecule has 1 spiro atoms. The average molecular weight is 448 g/mol. The Hall–Kier alpha value is -2.65. The van der Waals surface area contributed by atoms with E-state index in [1.807, 2.05) is 30.3 Å². The molecule has 7 nitrogen and oxygen atoms in total. The van der Waals surface area contributed by atoms with Crippen LogP contribution in [0.25, 0.3) is 0 Å². The highest BCUT2D eigenvalue weighted by Crippen LogP contribution is 2.48. The Bertz CT molecular complexity index is 1080. The number of benzene rings is 2. The van der Waals surface area contributed by atoms with Crippen LogP contribution in [-0.4, -0.2) is 60.0 Å². The van der Waals surface area contributed by atoms with E-state index in [1.54, 1.807) is 20.0 Å². The van der Waals surface area contributed by atoms with Crippen LogP contribution >= 0.6 is 0 Å². The van der Waals surface area contributed by atoms with Crippen molar-refractivity contribution in [2.45, 2.75) is 43.8 Å². The van der Waals surface area contributed by atoms with Gasteiger partial charge in [-0.25, -0.2) is 13.5 Å². The number of rotatable bonds is 3. The second kappa shape index (κ2) is 7.80. The zero-order chi connectivity index (χ0) is 22.4. The third-order valence-electron chi connectivity index (χ3n) is 6.59. The van der Waals surface area contributed by atoms with Gasteiger partial charge in [0, 0.05) is 19.6 Å². The van der Waals surface area contributed by atoms with Gasteiger partial charge in [0.2, 0.25) is 0 Å². The molecule has 2 aromatic carbocycles. The van der Waals surface area contributed by atoms with Crippen LogP contribution in [0.1, 0.15) is 25.3 Å². The smallest absolute Gasteiger partial charge is 0.407 e. The topological polar surface area (TPSA) is 81.2 Å². The Labute approximate surface area is 181 Å². The third kappa shape index (κ3) is 3.55. The van der Waals surface area contributed by atoms with Gasteiger partial charge in [-0.05, 0) is 49.9 Å². The first-order chi connectivity index (χ1) is 14.7. The maximum absolute atomic E-state index is 14.1. The first kappa shape index (κ1) is 21.6. The number of hydrogen-bond acceptors (Lipinski definition) is 3. The molecule has 0 bridgehead atoms. The van der Waals surface area contributed by atoms with Gasteiger partial charge in [0.25, 0.3) is 0 Å². The van der Waals surface area contributed by atoms with Gasteiger partial charge in [-0.3, -0.25) is 0 Å². The van der Waals surface area contributed by atoms with Crippen molar-refractivity contribution in [3.8, 4) is 0 Å². The number of likely N-dealkylation sites (N-methyl/N-ethyl adjacent to an activating group) is 1. The largest absolute Gasteiger partial charge is 0.465 e. The summed E-state index contributed by atoms with van der Waals surface area (Å²) in [6.45, 7) is 2.00. The van der Waals surface area contributed by atoms with Crippen molar-refractivity contribution in [2.75, 3.05) is 17.9 Å². The molecule has 2 fully saturated rings. The van der Waals surface area contributed by atoms with E-state index in [2.05, 4.69) is 0 Å². The first-order valence-corrected chi connectivity index (χ1v) is 11.6. The van der Waals surface area contributed by atoms with Gasteiger partial charge >= 0.3 is 16.3 Å². The van der Waals surface area contributed by atoms with E-state index in [1.165, 1.54) is 31.7 Å². The summed E-state index contributed by atoms with van der Waals surface area (Å²) in [4.78, 5) is 13.0. The van der Waals surface area contributed by atoms with Crippen molar-refractivity contribution >= 4 is 22.0 Å². The molecule has 1 amide bonds. The van der Waals surface area contributed by atoms with Crippen LogP contribution in [0.5, 0.6) is 0 Å². The molecule has 1 N–H and O–H groups in total. The molecule has 2 aliphatic rings. The molecule has 3 atom stereocenters. The predicted octanol–water partition coefficient (Wildman–Crippen LogP) is 3.33. The van der Waals surface area contributed by atoms with E-state index < -0.39 is 33.7 Å². The summed E-state index contributed by atoms with van der Waals surface area (Å²) in [5.41, 5.74) is 0.351. The van der Waals surface area contributed by atoms with Crippen LogP contribution in [0.3, 0.4) is 0 Å². The number of piperidine rings is 1.